The molecule has 1 aliphatic rings. The molecule has 0 bridgehead atoms. The van der Waals surface area contributed by atoms with Crippen molar-refractivity contribution >= 4 is 5.91 Å². The van der Waals surface area contributed by atoms with Crippen molar-refractivity contribution in [2.75, 3.05) is 19.7 Å². The van der Waals surface area contributed by atoms with Crippen LogP contribution in [0.4, 0.5) is 0 Å². The second-order valence-corrected chi connectivity index (χ2v) is 4.39. The predicted molar refractivity (Wildman–Crippen MR) is 62.6 cm³/mol. The molecule has 0 aromatic rings. The van der Waals surface area contributed by atoms with Gasteiger partial charge in [0.15, 0.2) is 0 Å². The summed E-state index contributed by atoms with van der Waals surface area (Å²) in [5.74, 6) is 0.0923. The Morgan fingerprint density at radius 3 is 2.07 bits per heavy atom. The smallest absolute Gasteiger partial charge is 0.230 e. The van der Waals surface area contributed by atoms with Crippen LogP contribution in [-0.2, 0) is 4.79 Å². The van der Waals surface area contributed by atoms with E-state index in [0.717, 1.165) is 25.9 Å². The maximum atomic E-state index is 11.8. The Bertz CT molecular complexity index is 184. The van der Waals surface area contributed by atoms with E-state index in [1.54, 1.807) is 13.8 Å². The fourth-order valence-corrected chi connectivity index (χ4v) is 1.59. The zero-order valence-corrected chi connectivity index (χ0v) is 10.5. The summed E-state index contributed by atoms with van der Waals surface area (Å²) in [6.45, 7) is 9.25. The number of hydrogen-bond donors (Lipinski definition) is 1. The molecule has 3 nitrogen and oxygen atoms in total. The number of piperidine rings is 1. The van der Waals surface area contributed by atoms with Gasteiger partial charge in [0, 0.05) is 13.1 Å². The molecule has 0 aromatic carbocycles. The van der Waals surface area contributed by atoms with Crippen molar-refractivity contribution in [2.45, 2.75) is 47.0 Å². The lowest BCUT2D eigenvalue weighted by atomic mass is 9.92. The number of hydrogen-bond acceptors (Lipinski definition) is 2. The minimum atomic E-state index is -0.600. The van der Waals surface area contributed by atoms with Crippen LogP contribution in [0.25, 0.3) is 0 Å². The van der Waals surface area contributed by atoms with Crippen molar-refractivity contribution in [1.82, 2.24) is 4.90 Å². The molecule has 0 unspecified atom stereocenters. The van der Waals surface area contributed by atoms with E-state index in [1.807, 2.05) is 18.7 Å². The van der Waals surface area contributed by atoms with Crippen LogP contribution in [0.15, 0.2) is 0 Å². The molecule has 0 saturated carbocycles. The first-order valence-corrected chi connectivity index (χ1v) is 5.98. The fourth-order valence-electron chi connectivity index (χ4n) is 1.59. The highest BCUT2D eigenvalue weighted by molar-refractivity contribution is 5.82. The molecule has 3 heteroatoms. The Kier molecular flexibility index (Phi) is 6.57. The summed E-state index contributed by atoms with van der Waals surface area (Å²) in [4.78, 5) is 13.7. The van der Waals surface area contributed by atoms with Crippen molar-refractivity contribution in [3.8, 4) is 0 Å². The van der Waals surface area contributed by atoms with Crippen molar-refractivity contribution in [3.05, 3.63) is 0 Å². The van der Waals surface area contributed by atoms with Gasteiger partial charge in [0.05, 0.1) is 12.0 Å². The molecule has 0 spiro atoms. The molecule has 15 heavy (non-hydrogen) atoms. The van der Waals surface area contributed by atoms with E-state index in [1.165, 1.54) is 6.42 Å². The first-order chi connectivity index (χ1) is 7.08. The molecule has 1 aliphatic heterocycles. The van der Waals surface area contributed by atoms with Crippen molar-refractivity contribution in [1.29, 1.82) is 0 Å². The average Bonchev–Trinajstić information content (AvgIpc) is 2.32. The monoisotopic (exact) mass is 215 g/mol. The fraction of sp³-hybridized carbons (Fsp3) is 0.917. The van der Waals surface area contributed by atoms with Crippen LogP contribution in [-0.4, -0.2) is 35.6 Å². The van der Waals surface area contributed by atoms with E-state index in [4.69, 9.17) is 5.11 Å². The highest BCUT2D eigenvalue weighted by Crippen LogP contribution is 2.20. The van der Waals surface area contributed by atoms with Crippen LogP contribution in [0.5, 0.6) is 0 Å². The molecule has 1 fully saturated rings. The molecule has 0 atom stereocenters. The third-order valence-electron chi connectivity index (χ3n) is 2.62. The summed E-state index contributed by atoms with van der Waals surface area (Å²) in [7, 11) is 0. The van der Waals surface area contributed by atoms with E-state index >= 15 is 0 Å². The van der Waals surface area contributed by atoms with Gasteiger partial charge in [-0.05, 0) is 33.1 Å². The van der Waals surface area contributed by atoms with Gasteiger partial charge in [0.1, 0.15) is 0 Å². The van der Waals surface area contributed by atoms with Gasteiger partial charge in [-0.1, -0.05) is 13.8 Å². The average molecular weight is 215 g/mol. The van der Waals surface area contributed by atoms with Crippen LogP contribution < -0.4 is 0 Å². The number of nitrogens with zero attached hydrogens (tertiary/aromatic N) is 1. The van der Waals surface area contributed by atoms with Gasteiger partial charge in [-0.3, -0.25) is 4.79 Å². The quantitative estimate of drug-likeness (QED) is 0.766. The van der Waals surface area contributed by atoms with Crippen LogP contribution in [0, 0.1) is 5.41 Å². The molecule has 1 saturated heterocycles. The number of likely N-dealkylation sites (tertiary alicyclic amines) is 1. The summed E-state index contributed by atoms with van der Waals surface area (Å²) >= 11 is 0. The predicted octanol–water partition coefficient (Wildman–Crippen LogP) is 2.04. The number of rotatable bonds is 2. The van der Waals surface area contributed by atoms with Gasteiger partial charge in [-0.2, -0.15) is 0 Å². The first kappa shape index (κ1) is 14.4. The summed E-state index contributed by atoms with van der Waals surface area (Å²) in [6, 6.07) is 0. The summed E-state index contributed by atoms with van der Waals surface area (Å²) in [5, 5.41) is 9.05. The lowest BCUT2D eigenvalue weighted by Gasteiger charge is -2.33. The summed E-state index contributed by atoms with van der Waals surface area (Å²) in [6.07, 6.45) is 3.43. The molecular weight excluding hydrogens is 190 g/mol. The molecule has 1 amide bonds. The highest BCUT2D eigenvalue weighted by atomic mass is 16.3. The van der Waals surface area contributed by atoms with Crippen molar-refractivity contribution in [3.63, 3.8) is 0 Å². The number of carbonyl (C=O) groups is 1. The van der Waals surface area contributed by atoms with Gasteiger partial charge in [-0.25, -0.2) is 0 Å². The minimum absolute atomic E-state index is 0.0671. The highest BCUT2D eigenvalue weighted by Gasteiger charge is 2.31. The first-order valence-electron chi connectivity index (χ1n) is 5.98. The molecule has 0 radical (unpaired) electrons. The van der Waals surface area contributed by atoms with Gasteiger partial charge < -0.3 is 10.0 Å². The third kappa shape index (κ3) is 4.20. The zero-order valence-electron chi connectivity index (χ0n) is 10.5. The number of aliphatic hydroxyl groups is 1. The van der Waals surface area contributed by atoms with E-state index in [0.29, 0.717) is 0 Å². The topological polar surface area (TPSA) is 40.5 Å². The number of aliphatic hydroxyl groups excluding tert-OH is 1. The van der Waals surface area contributed by atoms with Crippen LogP contribution in [0.1, 0.15) is 47.0 Å². The summed E-state index contributed by atoms with van der Waals surface area (Å²) in [5.41, 5.74) is -0.600. The van der Waals surface area contributed by atoms with E-state index in [9.17, 15) is 4.79 Å². The zero-order chi connectivity index (χ0) is 11.9. The molecule has 1 rings (SSSR count). The van der Waals surface area contributed by atoms with Gasteiger partial charge in [-0.15, -0.1) is 0 Å². The maximum Gasteiger partial charge on any atom is 0.230 e. The Labute approximate surface area is 93.5 Å². The van der Waals surface area contributed by atoms with E-state index < -0.39 is 5.41 Å². The minimum Gasteiger partial charge on any atom is -0.395 e. The number of amides is 1. The van der Waals surface area contributed by atoms with Gasteiger partial charge in [0.2, 0.25) is 5.91 Å². The van der Waals surface area contributed by atoms with E-state index in [-0.39, 0.29) is 12.5 Å². The Hall–Kier alpha value is -0.570. The van der Waals surface area contributed by atoms with Gasteiger partial charge >= 0.3 is 0 Å². The maximum absolute atomic E-state index is 11.8. The lowest BCUT2D eigenvalue weighted by Crippen LogP contribution is -2.45. The Morgan fingerprint density at radius 2 is 1.67 bits per heavy atom. The van der Waals surface area contributed by atoms with Crippen LogP contribution in [0.2, 0.25) is 0 Å². The molecule has 1 N–H and O–H groups in total. The van der Waals surface area contributed by atoms with Crippen molar-refractivity contribution < 1.29 is 9.90 Å². The third-order valence-corrected chi connectivity index (χ3v) is 2.62. The Morgan fingerprint density at radius 1 is 1.20 bits per heavy atom. The molecule has 0 aromatic heterocycles. The van der Waals surface area contributed by atoms with E-state index in [2.05, 4.69) is 0 Å². The lowest BCUT2D eigenvalue weighted by molar-refractivity contribution is -0.143. The molecule has 0 aliphatic carbocycles. The van der Waals surface area contributed by atoms with Gasteiger partial charge in [0.25, 0.3) is 0 Å². The van der Waals surface area contributed by atoms with Crippen molar-refractivity contribution in [2.24, 2.45) is 5.41 Å². The van der Waals surface area contributed by atoms with Crippen LogP contribution >= 0.6 is 0 Å². The molecular formula is C12H25NO2. The molecule has 90 valence electrons. The van der Waals surface area contributed by atoms with Crippen LogP contribution in [0.3, 0.4) is 0 Å². The second-order valence-electron chi connectivity index (χ2n) is 4.39. The summed E-state index contributed by atoms with van der Waals surface area (Å²) < 4.78 is 0. The second kappa shape index (κ2) is 6.83. The normalized spacial score (nSPS) is 16.7. The standard InChI is InChI=1S/C10H19NO2.C2H6/c1-10(2,8-12)9(13)11-6-4-3-5-7-11;1-2/h12H,3-8H2,1-2H3;1-2H3. The molecule has 1 heterocycles. The SMILES string of the molecule is CC.CC(C)(CO)C(=O)N1CCCCC1. The Balaban J connectivity index is 0.000000921. The number of carbonyl (C=O) groups excluding carboxylic acids is 1. The largest absolute Gasteiger partial charge is 0.395 e.